The van der Waals surface area contributed by atoms with E-state index in [1.807, 2.05) is 0 Å². The van der Waals surface area contributed by atoms with Crippen LogP contribution in [0, 0.1) is 0 Å². The van der Waals surface area contributed by atoms with Crippen LogP contribution in [0.25, 0.3) is 11.5 Å². The number of hydrogen-bond donors (Lipinski definition) is 0. The second kappa shape index (κ2) is 5.92. The number of carbonyl (C=O) groups is 1. The molecule has 4 rings (SSSR count). The van der Waals surface area contributed by atoms with Gasteiger partial charge in [0.2, 0.25) is 5.82 Å². The van der Waals surface area contributed by atoms with Crippen molar-refractivity contribution in [2.24, 2.45) is 0 Å². The molecule has 0 radical (unpaired) electrons. The number of nitrogens with zero attached hydrogens (tertiary/aromatic N) is 5. The average molecular weight is 369 g/mol. The Bertz CT molecular complexity index is 910. The number of likely N-dealkylation sites (tertiary alicyclic amines) is 1. The van der Waals surface area contributed by atoms with E-state index >= 15 is 0 Å². The van der Waals surface area contributed by atoms with E-state index < -0.39 is 23.7 Å². The standard InChI is InChI=1S/C15H14F3N5O3/c16-15(17,18)10-7-9(19-11(20-10)8-3-4-8)12-21-26-14(25)23(12)13(24)22-5-1-2-6-22/h7-8H,1-6H2. The van der Waals surface area contributed by atoms with Gasteiger partial charge >= 0.3 is 18.0 Å². The molecule has 11 heteroatoms. The Morgan fingerprint density at radius 3 is 2.50 bits per heavy atom. The van der Waals surface area contributed by atoms with Crippen LogP contribution in [0.2, 0.25) is 0 Å². The highest BCUT2D eigenvalue weighted by atomic mass is 19.4. The van der Waals surface area contributed by atoms with Crippen molar-refractivity contribution in [1.82, 2.24) is 24.6 Å². The molecule has 1 aliphatic heterocycles. The number of halogens is 3. The summed E-state index contributed by atoms with van der Waals surface area (Å²) in [4.78, 5) is 33.6. The van der Waals surface area contributed by atoms with Crippen molar-refractivity contribution in [2.45, 2.75) is 37.8 Å². The third-order valence-electron chi connectivity index (χ3n) is 4.38. The van der Waals surface area contributed by atoms with E-state index in [0.717, 1.165) is 12.8 Å². The monoisotopic (exact) mass is 369 g/mol. The molecule has 26 heavy (non-hydrogen) atoms. The molecule has 8 nitrogen and oxygen atoms in total. The first-order valence-corrected chi connectivity index (χ1v) is 8.19. The lowest BCUT2D eigenvalue weighted by Crippen LogP contribution is -2.37. The topological polar surface area (TPSA) is 94.1 Å². The molecule has 1 amide bonds. The van der Waals surface area contributed by atoms with Gasteiger partial charge in [0.25, 0.3) is 0 Å². The van der Waals surface area contributed by atoms with Crippen LogP contribution >= 0.6 is 0 Å². The minimum atomic E-state index is -4.69. The van der Waals surface area contributed by atoms with Gasteiger partial charge in [0.15, 0.2) is 0 Å². The van der Waals surface area contributed by atoms with Crippen molar-refractivity contribution in [1.29, 1.82) is 0 Å². The smallest absolute Gasteiger partial charge is 0.324 e. The Kier molecular flexibility index (Phi) is 3.81. The molecule has 0 aromatic carbocycles. The molecule has 2 fully saturated rings. The number of hydrogen-bond acceptors (Lipinski definition) is 6. The molecular weight excluding hydrogens is 355 g/mol. The Morgan fingerprint density at radius 2 is 1.88 bits per heavy atom. The third kappa shape index (κ3) is 2.97. The summed E-state index contributed by atoms with van der Waals surface area (Å²) in [6.07, 6.45) is -1.72. The summed E-state index contributed by atoms with van der Waals surface area (Å²) in [7, 11) is 0. The van der Waals surface area contributed by atoms with E-state index in [1.165, 1.54) is 4.90 Å². The van der Waals surface area contributed by atoms with Crippen molar-refractivity contribution in [3.05, 3.63) is 28.1 Å². The van der Waals surface area contributed by atoms with Crippen LogP contribution in [0.5, 0.6) is 0 Å². The lowest BCUT2D eigenvalue weighted by atomic mass is 10.2. The van der Waals surface area contributed by atoms with Crippen molar-refractivity contribution >= 4 is 6.03 Å². The summed E-state index contributed by atoms with van der Waals surface area (Å²) < 4.78 is 44.7. The molecule has 1 saturated heterocycles. The highest BCUT2D eigenvalue weighted by Crippen LogP contribution is 2.40. The van der Waals surface area contributed by atoms with Crippen LogP contribution in [0.4, 0.5) is 18.0 Å². The molecule has 3 heterocycles. The number of carbonyl (C=O) groups excluding carboxylic acids is 1. The maximum absolute atomic E-state index is 13.2. The number of aromatic nitrogens is 4. The molecule has 0 spiro atoms. The molecular formula is C15H14F3N5O3. The average Bonchev–Trinajstić information content (AvgIpc) is 3.16. The minimum Gasteiger partial charge on any atom is -0.324 e. The second-order valence-corrected chi connectivity index (χ2v) is 6.35. The second-order valence-electron chi connectivity index (χ2n) is 6.35. The van der Waals surface area contributed by atoms with Crippen LogP contribution in [0.3, 0.4) is 0 Å². The lowest BCUT2D eigenvalue weighted by molar-refractivity contribution is -0.141. The molecule has 0 unspecified atom stereocenters. The molecule has 1 aliphatic carbocycles. The van der Waals surface area contributed by atoms with Gasteiger partial charge in [0.1, 0.15) is 17.2 Å². The Morgan fingerprint density at radius 1 is 1.19 bits per heavy atom. The summed E-state index contributed by atoms with van der Waals surface area (Å²) in [6.45, 7) is 0.918. The van der Waals surface area contributed by atoms with Gasteiger partial charge in [0.05, 0.1) is 0 Å². The SMILES string of the molecule is O=C(N1CCCC1)n1c(-c2cc(C(F)(F)F)nc(C3CC3)n2)noc1=O. The maximum atomic E-state index is 13.2. The predicted molar refractivity (Wildman–Crippen MR) is 80.4 cm³/mol. The van der Waals surface area contributed by atoms with E-state index in [1.54, 1.807) is 0 Å². The lowest BCUT2D eigenvalue weighted by Gasteiger charge is -2.15. The van der Waals surface area contributed by atoms with Crippen LogP contribution in [0.1, 0.15) is 43.1 Å². The van der Waals surface area contributed by atoms with E-state index in [9.17, 15) is 22.8 Å². The Labute approximate surface area is 144 Å². The fourth-order valence-corrected chi connectivity index (χ4v) is 2.88. The van der Waals surface area contributed by atoms with Gasteiger partial charge < -0.3 is 4.90 Å². The molecule has 0 N–H and O–H groups in total. The fraction of sp³-hybridized carbons (Fsp3) is 0.533. The van der Waals surface area contributed by atoms with E-state index in [0.29, 0.717) is 36.6 Å². The van der Waals surface area contributed by atoms with Gasteiger partial charge in [0, 0.05) is 19.0 Å². The van der Waals surface area contributed by atoms with Crippen molar-refractivity contribution < 1.29 is 22.5 Å². The normalized spacial score (nSPS) is 17.7. The molecule has 2 aromatic rings. The molecule has 0 atom stereocenters. The Hall–Kier alpha value is -2.72. The van der Waals surface area contributed by atoms with Gasteiger partial charge in [-0.1, -0.05) is 5.16 Å². The zero-order valence-electron chi connectivity index (χ0n) is 13.5. The summed E-state index contributed by atoms with van der Waals surface area (Å²) >= 11 is 0. The summed E-state index contributed by atoms with van der Waals surface area (Å²) in [5.41, 5.74) is -1.40. The van der Waals surface area contributed by atoms with Gasteiger partial charge in [-0.05, 0) is 31.7 Å². The van der Waals surface area contributed by atoms with E-state index in [-0.39, 0.29) is 23.3 Å². The molecule has 1 saturated carbocycles. The molecule has 138 valence electrons. The zero-order chi connectivity index (χ0) is 18.5. The minimum absolute atomic E-state index is 0.0328. The molecule has 2 aliphatic rings. The van der Waals surface area contributed by atoms with Crippen molar-refractivity contribution in [3.8, 4) is 11.5 Å². The van der Waals surface area contributed by atoms with Gasteiger partial charge in [-0.3, -0.25) is 4.52 Å². The van der Waals surface area contributed by atoms with E-state index in [2.05, 4.69) is 19.6 Å². The summed E-state index contributed by atoms with van der Waals surface area (Å²) in [5, 5.41) is 3.49. The summed E-state index contributed by atoms with van der Waals surface area (Å²) in [6, 6.07) is 0.000564. The first-order chi connectivity index (χ1) is 12.3. The summed E-state index contributed by atoms with van der Waals surface area (Å²) in [5.74, 6) is -1.53. The largest absolute Gasteiger partial charge is 0.450 e. The van der Waals surface area contributed by atoms with Crippen LogP contribution in [-0.4, -0.2) is 43.7 Å². The Balaban J connectivity index is 1.82. The van der Waals surface area contributed by atoms with Gasteiger partial charge in [-0.2, -0.15) is 17.7 Å². The first-order valence-electron chi connectivity index (χ1n) is 8.19. The van der Waals surface area contributed by atoms with Crippen LogP contribution in [-0.2, 0) is 6.18 Å². The third-order valence-corrected chi connectivity index (χ3v) is 4.38. The number of amides is 1. The quantitative estimate of drug-likeness (QED) is 0.806. The van der Waals surface area contributed by atoms with Gasteiger partial charge in [-0.15, -0.1) is 0 Å². The zero-order valence-corrected chi connectivity index (χ0v) is 13.5. The molecule has 0 bridgehead atoms. The maximum Gasteiger partial charge on any atom is 0.450 e. The van der Waals surface area contributed by atoms with E-state index in [4.69, 9.17) is 0 Å². The van der Waals surface area contributed by atoms with Crippen molar-refractivity contribution in [2.75, 3.05) is 13.1 Å². The fourth-order valence-electron chi connectivity index (χ4n) is 2.88. The van der Waals surface area contributed by atoms with Gasteiger partial charge in [-0.25, -0.2) is 19.6 Å². The van der Waals surface area contributed by atoms with Crippen LogP contribution in [0.15, 0.2) is 15.4 Å². The number of alkyl halides is 3. The van der Waals surface area contributed by atoms with Crippen LogP contribution < -0.4 is 5.76 Å². The van der Waals surface area contributed by atoms with Crippen molar-refractivity contribution in [3.63, 3.8) is 0 Å². The molecule has 2 aromatic heterocycles. The highest BCUT2D eigenvalue weighted by molar-refractivity contribution is 5.80. The predicted octanol–water partition coefficient (Wildman–Crippen LogP) is 2.25. The highest BCUT2D eigenvalue weighted by Gasteiger charge is 2.37. The first kappa shape index (κ1) is 16.7. The number of rotatable bonds is 2.